The number of rotatable bonds is 4. The van der Waals surface area contributed by atoms with Crippen LogP contribution in [0, 0.1) is 6.92 Å². The van der Waals surface area contributed by atoms with Gasteiger partial charge in [0.25, 0.3) is 0 Å². The van der Waals surface area contributed by atoms with Gasteiger partial charge in [-0.1, -0.05) is 19.1 Å². The number of aryl methyl sites for hydroxylation is 1. The third kappa shape index (κ3) is 2.61. The third-order valence-corrected chi connectivity index (χ3v) is 2.87. The molecule has 88 valence electrons. The van der Waals surface area contributed by atoms with E-state index in [9.17, 15) is 4.79 Å². The number of aromatic nitrogens is 2. The first-order valence-corrected chi connectivity index (χ1v) is 5.76. The fourth-order valence-electron chi connectivity index (χ4n) is 1.81. The average molecular weight is 228 g/mol. The van der Waals surface area contributed by atoms with E-state index in [-0.39, 0.29) is 5.92 Å². The first-order valence-electron chi connectivity index (χ1n) is 5.76. The van der Waals surface area contributed by atoms with Crippen LogP contribution >= 0.6 is 0 Å². The molecule has 2 aromatic rings. The number of carbonyl (C=O) groups excluding carboxylic acids is 1. The van der Waals surface area contributed by atoms with Crippen molar-refractivity contribution in [1.82, 2.24) is 9.78 Å². The molecule has 0 aliphatic carbocycles. The molecular formula is C14H16N2O. The van der Waals surface area contributed by atoms with Gasteiger partial charge < -0.3 is 4.79 Å². The smallest absolute Gasteiger partial charge is 0.120 e. The molecule has 0 saturated heterocycles. The van der Waals surface area contributed by atoms with Crippen LogP contribution in [0.15, 0.2) is 36.7 Å². The van der Waals surface area contributed by atoms with Gasteiger partial charge in [0.05, 0.1) is 11.9 Å². The first-order chi connectivity index (χ1) is 8.20. The predicted octanol–water partition coefficient (Wildman–Crippen LogP) is 2.87. The van der Waals surface area contributed by atoms with Crippen LogP contribution in [-0.2, 0) is 4.79 Å². The lowest BCUT2D eigenvalue weighted by molar-refractivity contribution is -0.108. The van der Waals surface area contributed by atoms with Crippen molar-refractivity contribution < 1.29 is 4.79 Å². The standard InChI is InChI=1S/C14H16N2O/c1-11-9-15-16(10-11)14-5-3-4-13(8-14)12(2)6-7-17/h3-5,7-10,12H,6H2,1-2H3. The summed E-state index contributed by atoms with van der Waals surface area (Å²) in [5.74, 6) is 0.254. The van der Waals surface area contributed by atoms with Crippen LogP contribution in [0.4, 0.5) is 0 Å². The largest absolute Gasteiger partial charge is 0.303 e. The Labute approximate surface area is 101 Å². The number of hydrogen-bond donors (Lipinski definition) is 0. The maximum absolute atomic E-state index is 10.5. The van der Waals surface area contributed by atoms with Gasteiger partial charge >= 0.3 is 0 Å². The van der Waals surface area contributed by atoms with Gasteiger partial charge in [-0.05, 0) is 36.1 Å². The Morgan fingerprint density at radius 1 is 1.47 bits per heavy atom. The molecule has 3 nitrogen and oxygen atoms in total. The summed E-state index contributed by atoms with van der Waals surface area (Å²) in [6.07, 6.45) is 5.35. The predicted molar refractivity (Wildman–Crippen MR) is 67.4 cm³/mol. The summed E-state index contributed by atoms with van der Waals surface area (Å²) in [4.78, 5) is 10.5. The van der Waals surface area contributed by atoms with E-state index in [2.05, 4.69) is 18.1 Å². The van der Waals surface area contributed by atoms with E-state index in [0.717, 1.165) is 17.5 Å². The second-order valence-electron chi connectivity index (χ2n) is 4.36. The fraction of sp³-hybridized carbons (Fsp3) is 0.286. The molecule has 0 radical (unpaired) electrons. The first kappa shape index (κ1) is 11.6. The van der Waals surface area contributed by atoms with Crippen molar-refractivity contribution in [3.8, 4) is 5.69 Å². The highest BCUT2D eigenvalue weighted by Crippen LogP contribution is 2.20. The number of carbonyl (C=O) groups is 1. The van der Waals surface area contributed by atoms with E-state index in [1.807, 2.05) is 42.2 Å². The minimum Gasteiger partial charge on any atom is -0.303 e. The van der Waals surface area contributed by atoms with Gasteiger partial charge in [-0.25, -0.2) is 4.68 Å². The van der Waals surface area contributed by atoms with E-state index >= 15 is 0 Å². The summed E-state index contributed by atoms with van der Waals surface area (Å²) in [5, 5.41) is 4.28. The number of hydrogen-bond acceptors (Lipinski definition) is 2. The SMILES string of the molecule is Cc1cnn(-c2cccc(C(C)CC=O)c2)c1. The molecule has 1 aromatic carbocycles. The minimum atomic E-state index is 0.254. The Hall–Kier alpha value is -1.90. The van der Waals surface area contributed by atoms with Crippen molar-refractivity contribution in [1.29, 1.82) is 0 Å². The molecule has 1 unspecified atom stereocenters. The van der Waals surface area contributed by atoms with E-state index in [4.69, 9.17) is 0 Å². The summed E-state index contributed by atoms with van der Waals surface area (Å²) >= 11 is 0. The van der Waals surface area contributed by atoms with E-state index < -0.39 is 0 Å². The Morgan fingerprint density at radius 3 is 2.94 bits per heavy atom. The minimum absolute atomic E-state index is 0.254. The quantitative estimate of drug-likeness (QED) is 0.754. The average Bonchev–Trinajstić information content (AvgIpc) is 2.76. The van der Waals surface area contributed by atoms with Crippen LogP contribution < -0.4 is 0 Å². The highest BCUT2D eigenvalue weighted by Gasteiger charge is 2.06. The van der Waals surface area contributed by atoms with E-state index in [0.29, 0.717) is 6.42 Å². The Bertz CT molecular complexity index is 516. The van der Waals surface area contributed by atoms with Crippen molar-refractivity contribution in [3.63, 3.8) is 0 Å². The molecule has 1 aromatic heterocycles. The van der Waals surface area contributed by atoms with Gasteiger partial charge in [-0.2, -0.15) is 5.10 Å². The van der Waals surface area contributed by atoms with Crippen molar-refractivity contribution in [2.24, 2.45) is 0 Å². The molecular weight excluding hydrogens is 212 g/mol. The summed E-state index contributed by atoms with van der Waals surface area (Å²) in [6, 6.07) is 8.15. The zero-order chi connectivity index (χ0) is 12.3. The molecule has 17 heavy (non-hydrogen) atoms. The van der Waals surface area contributed by atoms with Crippen molar-refractivity contribution >= 4 is 6.29 Å². The molecule has 0 spiro atoms. The molecule has 0 saturated carbocycles. The van der Waals surface area contributed by atoms with Gasteiger partial charge in [0.2, 0.25) is 0 Å². The molecule has 0 aliphatic heterocycles. The normalized spacial score (nSPS) is 12.4. The van der Waals surface area contributed by atoms with Gasteiger partial charge in [0.15, 0.2) is 0 Å². The second kappa shape index (κ2) is 4.95. The summed E-state index contributed by atoms with van der Waals surface area (Å²) < 4.78 is 1.85. The van der Waals surface area contributed by atoms with Gasteiger partial charge in [-0.3, -0.25) is 0 Å². The molecule has 0 bridgehead atoms. The Morgan fingerprint density at radius 2 is 2.29 bits per heavy atom. The third-order valence-electron chi connectivity index (χ3n) is 2.87. The molecule has 0 amide bonds. The van der Waals surface area contributed by atoms with E-state index in [1.54, 1.807) is 0 Å². The lowest BCUT2D eigenvalue weighted by Crippen LogP contribution is -1.98. The molecule has 2 rings (SSSR count). The van der Waals surface area contributed by atoms with E-state index in [1.165, 1.54) is 5.56 Å². The van der Waals surface area contributed by atoms with Crippen LogP contribution in [0.2, 0.25) is 0 Å². The summed E-state index contributed by atoms with van der Waals surface area (Å²) in [6.45, 7) is 4.07. The number of aldehydes is 1. The van der Waals surface area contributed by atoms with Crippen molar-refractivity contribution in [2.75, 3.05) is 0 Å². The van der Waals surface area contributed by atoms with Crippen LogP contribution in [0.3, 0.4) is 0 Å². The highest BCUT2D eigenvalue weighted by molar-refractivity contribution is 5.52. The van der Waals surface area contributed by atoms with Crippen LogP contribution in [-0.4, -0.2) is 16.1 Å². The molecule has 1 heterocycles. The topological polar surface area (TPSA) is 34.9 Å². The highest BCUT2D eigenvalue weighted by atomic mass is 16.1. The van der Waals surface area contributed by atoms with Crippen LogP contribution in [0.1, 0.15) is 30.4 Å². The van der Waals surface area contributed by atoms with Gasteiger partial charge in [0.1, 0.15) is 6.29 Å². The lowest BCUT2D eigenvalue weighted by Gasteiger charge is -2.10. The van der Waals surface area contributed by atoms with Crippen molar-refractivity contribution in [2.45, 2.75) is 26.2 Å². The maximum Gasteiger partial charge on any atom is 0.120 e. The molecule has 0 aliphatic rings. The monoisotopic (exact) mass is 228 g/mol. The van der Waals surface area contributed by atoms with Gasteiger partial charge in [0, 0.05) is 12.6 Å². The van der Waals surface area contributed by atoms with Crippen LogP contribution in [0.5, 0.6) is 0 Å². The zero-order valence-electron chi connectivity index (χ0n) is 10.1. The summed E-state index contributed by atoms with van der Waals surface area (Å²) in [5.41, 5.74) is 3.34. The molecule has 1 atom stereocenters. The second-order valence-corrected chi connectivity index (χ2v) is 4.36. The summed E-state index contributed by atoms with van der Waals surface area (Å²) in [7, 11) is 0. The number of nitrogens with zero attached hydrogens (tertiary/aromatic N) is 2. The van der Waals surface area contributed by atoms with Gasteiger partial charge in [-0.15, -0.1) is 0 Å². The fourth-order valence-corrected chi connectivity index (χ4v) is 1.81. The number of benzene rings is 1. The molecule has 3 heteroatoms. The van der Waals surface area contributed by atoms with Crippen molar-refractivity contribution in [3.05, 3.63) is 47.8 Å². The van der Waals surface area contributed by atoms with Crippen LogP contribution in [0.25, 0.3) is 5.69 Å². The maximum atomic E-state index is 10.5. The molecule has 0 N–H and O–H groups in total. The Balaban J connectivity index is 2.31. The lowest BCUT2D eigenvalue weighted by atomic mass is 9.98. The molecule has 0 fully saturated rings. The zero-order valence-corrected chi connectivity index (χ0v) is 10.1. The Kier molecular flexibility index (Phi) is 3.38.